The zero-order chi connectivity index (χ0) is 32.4. The van der Waals surface area contributed by atoms with Gasteiger partial charge in [-0.25, -0.2) is 0 Å². The van der Waals surface area contributed by atoms with Crippen LogP contribution in [0.25, 0.3) is 5.69 Å². The molecule has 2 aliphatic heterocycles. The second-order valence-corrected chi connectivity index (χ2v) is 11.6. The van der Waals surface area contributed by atoms with Gasteiger partial charge in [-0.05, 0) is 33.7 Å². The van der Waals surface area contributed by atoms with Crippen LogP contribution in [0.4, 0.5) is 13.2 Å². The van der Waals surface area contributed by atoms with Crippen molar-refractivity contribution >= 4 is 30.7 Å². The summed E-state index contributed by atoms with van der Waals surface area (Å²) in [5.74, 6) is -0.530. The number of hydrogen-bond donors (Lipinski definition) is 0. The largest absolute Gasteiger partial charge is 0.496 e. The molecule has 0 spiro atoms. The summed E-state index contributed by atoms with van der Waals surface area (Å²) in [7, 11) is 2.93. The van der Waals surface area contributed by atoms with Crippen LogP contribution in [0, 0.1) is 0 Å². The fraction of sp³-hybridized carbons (Fsp3) is 0.394. The summed E-state index contributed by atoms with van der Waals surface area (Å²) in [5.41, 5.74) is 3.00. The van der Waals surface area contributed by atoms with Gasteiger partial charge in [0, 0.05) is 64.2 Å². The number of carbonyl (C=O) groups excluding carboxylic acids is 1. The van der Waals surface area contributed by atoms with Crippen LogP contribution in [0.2, 0.25) is 0 Å². The summed E-state index contributed by atoms with van der Waals surface area (Å²) < 4.78 is 53.5. The van der Waals surface area contributed by atoms with Gasteiger partial charge in [-0.1, -0.05) is 60.7 Å². The summed E-state index contributed by atoms with van der Waals surface area (Å²) in [6, 6.07) is 23.9. The van der Waals surface area contributed by atoms with E-state index < -0.39 is 12.0 Å². The molecule has 10 nitrogen and oxygen atoms in total. The van der Waals surface area contributed by atoms with Gasteiger partial charge >= 0.3 is 6.18 Å². The van der Waals surface area contributed by atoms with Crippen LogP contribution in [0.3, 0.4) is 0 Å². The van der Waals surface area contributed by atoms with E-state index in [-0.39, 0.29) is 60.2 Å². The number of nitrogens with zero attached hydrogens (tertiary/aromatic N) is 7. The lowest BCUT2D eigenvalue weighted by molar-refractivity contribution is -0.146. The van der Waals surface area contributed by atoms with Crippen molar-refractivity contribution in [3.8, 4) is 17.2 Å². The molecule has 1 amide bonds. The van der Waals surface area contributed by atoms with Gasteiger partial charge in [0.2, 0.25) is 5.91 Å². The molecule has 6 rings (SSSR count). The zero-order valence-corrected chi connectivity index (χ0v) is 28.3. The van der Waals surface area contributed by atoms with Gasteiger partial charge in [0.05, 0.1) is 19.8 Å². The number of amides is 1. The van der Waals surface area contributed by atoms with Gasteiger partial charge in [-0.2, -0.15) is 17.9 Å². The van der Waals surface area contributed by atoms with E-state index in [4.69, 9.17) is 9.47 Å². The van der Waals surface area contributed by atoms with E-state index in [0.29, 0.717) is 48.7 Å². The van der Waals surface area contributed by atoms with Crippen molar-refractivity contribution in [3.05, 3.63) is 95.3 Å². The number of tetrazole rings is 1. The monoisotopic (exact) mass is 707 g/mol. The molecule has 2 atom stereocenters. The number of methoxy groups -OCH3 is 2. The molecule has 2 aliphatic rings. The fourth-order valence-electron chi connectivity index (χ4n) is 6.96. The number of piperazine rings is 2. The predicted molar refractivity (Wildman–Crippen MR) is 178 cm³/mol. The van der Waals surface area contributed by atoms with Gasteiger partial charge in [0.15, 0.2) is 5.75 Å². The molecule has 0 saturated carbocycles. The first-order valence-corrected chi connectivity index (χ1v) is 15.1. The maximum atomic E-state index is 13.8. The minimum Gasteiger partial charge on any atom is -0.496 e. The first kappa shape index (κ1) is 36.9. The van der Waals surface area contributed by atoms with Crippen molar-refractivity contribution in [1.82, 2.24) is 34.9 Å². The smallest absolute Gasteiger partial charge is 0.453 e. The Hall–Kier alpha value is -3.91. The third-order valence-corrected chi connectivity index (χ3v) is 8.97. The molecule has 3 aromatic carbocycles. The minimum absolute atomic E-state index is 0. The standard InChI is InChI=1S/C33H36F3N7O3.2ClH/c1-22(44)41-16-17-42-25(19-41)18-40(21-28(42)30(23-10-6-4-7-11-23)24-12-8-5-9-13-24)20-26-29(45-2)15-14-27(31(26)46-3)43-32(33(34,35)36)37-38-39-43;;/h4-15,25,28,30H,16-21H2,1-3H3;2*1H/t25-,28+;;/m1../s1. The maximum absolute atomic E-state index is 13.8. The van der Waals surface area contributed by atoms with E-state index in [9.17, 15) is 18.0 Å². The van der Waals surface area contributed by atoms with E-state index in [1.165, 1.54) is 31.4 Å². The number of alkyl halides is 3. The van der Waals surface area contributed by atoms with Crippen LogP contribution in [0.1, 0.15) is 35.4 Å². The van der Waals surface area contributed by atoms with E-state index in [1.807, 2.05) is 41.3 Å². The van der Waals surface area contributed by atoms with Crippen LogP contribution < -0.4 is 9.47 Å². The molecule has 3 heterocycles. The SMILES string of the molecule is COc1ccc(-n2nnnc2C(F)(F)F)c(OC)c1CN1C[C@@H]2CN(C(C)=O)CCN2[C@H](C(c2ccccc2)c2ccccc2)C1.Cl.Cl. The second-order valence-electron chi connectivity index (χ2n) is 11.6. The van der Waals surface area contributed by atoms with Crippen LogP contribution in [-0.4, -0.2) is 99.8 Å². The number of hydrogen-bond acceptors (Lipinski definition) is 8. The van der Waals surface area contributed by atoms with E-state index in [1.54, 1.807) is 13.0 Å². The van der Waals surface area contributed by atoms with Crippen molar-refractivity contribution in [2.45, 2.75) is 37.6 Å². The zero-order valence-electron chi connectivity index (χ0n) is 26.7. The number of fused-ring (bicyclic) bond motifs is 1. The number of benzene rings is 3. The second kappa shape index (κ2) is 15.5. The maximum Gasteiger partial charge on any atom is 0.453 e. The average molecular weight is 709 g/mol. The van der Waals surface area contributed by atoms with Crippen molar-refractivity contribution in [3.63, 3.8) is 0 Å². The molecule has 0 aliphatic carbocycles. The highest BCUT2D eigenvalue weighted by molar-refractivity contribution is 5.85. The van der Waals surface area contributed by atoms with Crippen LogP contribution in [0.5, 0.6) is 11.5 Å². The lowest BCUT2D eigenvalue weighted by atomic mass is 9.81. The number of carbonyl (C=O) groups is 1. The lowest BCUT2D eigenvalue weighted by Crippen LogP contribution is -2.67. The Morgan fingerprint density at radius 1 is 0.896 bits per heavy atom. The van der Waals surface area contributed by atoms with Crippen molar-refractivity contribution in [1.29, 1.82) is 0 Å². The predicted octanol–water partition coefficient (Wildman–Crippen LogP) is 5.09. The summed E-state index contributed by atoms with van der Waals surface area (Å²) in [5, 5.41) is 10.2. The molecular formula is C33H38Cl2F3N7O3. The van der Waals surface area contributed by atoms with Crippen LogP contribution in [0.15, 0.2) is 72.8 Å². The Morgan fingerprint density at radius 3 is 2.10 bits per heavy atom. The van der Waals surface area contributed by atoms with Crippen LogP contribution >= 0.6 is 24.8 Å². The molecule has 0 radical (unpaired) electrons. The summed E-state index contributed by atoms with van der Waals surface area (Å²) in [4.78, 5) is 19.2. The fourth-order valence-corrected chi connectivity index (χ4v) is 6.96. The van der Waals surface area contributed by atoms with Crippen molar-refractivity contribution in [2.75, 3.05) is 46.9 Å². The number of halogens is 5. The molecule has 0 bridgehead atoms. The highest BCUT2D eigenvalue weighted by Crippen LogP contribution is 2.40. The molecule has 1 aromatic heterocycles. The van der Waals surface area contributed by atoms with Crippen molar-refractivity contribution in [2.24, 2.45) is 0 Å². The molecule has 15 heteroatoms. The normalized spacial score (nSPS) is 18.4. The van der Waals surface area contributed by atoms with E-state index in [2.05, 4.69) is 49.6 Å². The molecule has 2 fully saturated rings. The van der Waals surface area contributed by atoms with Gasteiger partial charge in [0.25, 0.3) is 5.82 Å². The molecular weight excluding hydrogens is 670 g/mol. The first-order valence-electron chi connectivity index (χ1n) is 15.1. The van der Waals surface area contributed by atoms with E-state index in [0.717, 1.165) is 6.54 Å². The van der Waals surface area contributed by atoms with E-state index >= 15 is 0 Å². The van der Waals surface area contributed by atoms with Crippen LogP contribution in [-0.2, 0) is 17.5 Å². The summed E-state index contributed by atoms with van der Waals surface area (Å²) in [6.07, 6.45) is -4.77. The Bertz CT molecular complexity index is 1620. The first-order chi connectivity index (χ1) is 22.2. The number of aromatic nitrogens is 4. The lowest BCUT2D eigenvalue weighted by Gasteiger charge is -2.53. The van der Waals surface area contributed by atoms with Gasteiger partial charge in [-0.3, -0.25) is 14.6 Å². The molecule has 4 aromatic rings. The Morgan fingerprint density at radius 2 is 1.54 bits per heavy atom. The van der Waals surface area contributed by atoms with Crippen molar-refractivity contribution < 1.29 is 27.4 Å². The molecule has 258 valence electrons. The quantitative estimate of drug-likeness (QED) is 0.250. The molecule has 0 unspecified atom stereocenters. The Labute approximate surface area is 289 Å². The molecule has 48 heavy (non-hydrogen) atoms. The molecule has 2 saturated heterocycles. The number of ether oxygens (including phenoxy) is 2. The minimum atomic E-state index is -4.77. The summed E-state index contributed by atoms with van der Waals surface area (Å²) in [6.45, 7) is 5.16. The van der Waals surface area contributed by atoms with Gasteiger partial charge in [-0.15, -0.1) is 29.9 Å². The molecule has 0 N–H and O–H groups in total. The average Bonchev–Trinajstić information content (AvgIpc) is 3.56. The van der Waals surface area contributed by atoms with Gasteiger partial charge < -0.3 is 14.4 Å². The summed E-state index contributed by atoms with van der Waals surface area (Å²) >= 11 is 0. The third kappa shape index (κ3) is 7.39. The number of rotatable bonds is 8. The highest BCUT2D eigenvalue weighted by Gasteiger charge is 2.43. The topological polar surface area (TPSA) is 88.8 Å². The Balaban J connectivity index is 0.00000260. The third-order valence-electron chi connectivity index (χ3n) is 8.97. The highest BCUT2D eigenvalue weighted by atomic mass is 35.5. The Kier molecular flexibility index (Phi) is 12.0. The van der Waals surface area contributed by atoms with Gasteiger partial charge in [0.1, 0.15) is 11.4 Å².